The fourth-order valence-corrected chi connectivity index (χ4v) is 5.28. The molecule has 0 bridgehead atoms. The normalized spacial score (nSPS) is 17.5. The predicted molar refractivity (Wildman–Crippen MR) is 158 cm³/mol. The zero-order valence-corrected chi connectivity index (χ0v) is 26.4. The second-order valence-corrected chi connectivity index (χ2v) is 16.5. The van der Waals surface area contributed by atoms with E-state index in [1.165, 1.54) is 0 Å². The number of nitrogens with one attached hydrogen (secondary N) is 2. The van der Waals surface area contributed by atoms with Gasteiger partial charge < -0.3 is 28.7 Å². The largest absolute Gasteiger partial charge is 0.414 e. The number of carbonyl (C=O) groups is 4. The van der Waals surface area contributed by atoms with Gasteiger partial charge in [0.25, 0.3) is 11.8 Å². The molecule has 2 N–H and O–H groups in total. The van der Waals surface area contributed by atoms with Crippen molar-refractivity contribution >= 4 is 37.6 Å². The van der Waals surface area contributed by atoms with Gasteiger partial charge in [0.2, 0.25) is 11.8 Å². The van der Waals surface area contributed by atoms with Crippen molar-refractivity contribution in [3.05, 3.63) is 29.3 Å². The number of fused-ring (bicyclic) bond motifs is 1. The summed E-state index contributed by atoms with van der Waals surface area (Å²) in [5.41, 5.74) is 0.943. The molecule has 1 fully saturated rings. The van der Waals surface area contributed by atoms with Crippen LogP contribution in [0.15, 0.2) is 18.2 Å². The molecule has 1 aromatic rings. The second kappa shape index (κ2) is 15.7. The molecule has 4 amide bonds. The van der Waals surface area contributed by atoms with Crippen molar-refractivity contribution in [1.82, 2.24) is 10.2 Å². The fraction of sp³-hybridized carbons (Fsp3) is 0.655. The molecule has 12 nitrogen and oxygen atoms in total. The third kappa shape index (κ3) is 9.16. The summed E-state index contributed by atoms with van der Waals surface area (Å²) in [7, 11) is -1.73. The van der Waals surface area contributed by atoms with E-state index in [1.54, 1.807) is 18.2 Å². The monoisotopic (exact) mass is 607 g/mol. The van der Waals surface area contributed by atoms with Gasteiger partial charge in [0.1, 0.15) is 6.04 Å². The van der Waals surface area contributed by atoms with Gasteiger partial charge in [-0.2, -0.15) is 0 Å². The van der Waals surface area contributed by atoms with Crippen LogP contribution < -0.4 is 10.6 Å². The van der Waals surface area contributed by atoms with Crippen molar-refractivity contribution in [2.45, 2.75) is 57.8 Å². The van der Waals surface area contributed by atoms with Crippen LogP contribution in [0.5, 0.6) is 0 Å². The van der Waals surface area contributed by atoms with E-state index < -0.39 is 38.0 Å². The van der Waals surface area contributed by atoms with Gasteiger partial charge in [-0.15, -0.1) is 0 Å². The Balaban J connectivity index is 1.22. The molecule has 13 heteroatoms. The molecule has 2 aliphatic heterocycles. The van der Waals surface area contributed by atoms with E-state index in [1.807, 2.05) is 0 Å². The van der Waals surface area contributed by atoms with E-state index in [0.29, 0.717) is 71.7 Å². The zero-order chi connectivity index (χ0) is 30.8. The maximum absolute atomic E-state index is 13.1. The molecule has 1 aromatic carbocycles. The number of amides is 4. The van der Waals surface area contributed by atoms with Crippen LogP contribution >= 0.6 is 0 Å². The van der Waals surface area contributed by atoms with Gasteiger partial charge in [0.15, 0.2) is 8.32 Å². The number of anilines is 1. The number of rotatable bonds is 18. The SMILES string of the molecule is CC(C)(C)[Si](C)(C)OCCOCCOCCOCCOCCNc1cccc2c1C(=O)N(C1CCC(=O)NC1=O)C2=O. The third-order valence-electron chi connectivity index (χ3n) is 7.64. The number of ether oxygens (including phenoxy) is 4. The maximum Gasteiger partial charge on any atom is 0.264 e. The Morgan fingerprint density at radius 1 is 0.857 bits per heavy atom. The first-order valence-corrected chi connectivity index (χ1v) is 17.4. The Labute approximate surface area is 248 Å². The van der Waals surface area contributed by atoms with Gasteiger partial charge in [0.05, 0.1) is 70.6 Å². The molecule has 0 aromatic heterocycles. The van der Waals surface area contributed by atoms with Crippen LogP contribution in [0.25, 0.3) is 0 Å². The Bertz CT molecular complexity index is 1110. The minimum atomic E-state index is -1.73. The first-order valence-electron chi connectivity index (χ1n) is 14.5. The van der Waals surface area contributed by atoms with Gasteiger partial charge in [-0.1, -0.05) is 26.8 Å². The van der Waals surface area contributed by atoms with Crippen LogP contribution in [0.1, 0.15) is 54.3 Å². The fourth-order valence-electron chi connectivity index (χ4n) is 4.25. The summed E-state index contributed by atoms with van der Waals surface area (Å²) in [6.07, 6.45) is 0.190. The van der Waals surface area contributed by atoms with Crippen LogP contribution in [-0.4, -0.2) is 109 Å². The highest BCUT2D eigenvalue weighted by atomic mass is 28.4. The van der Waals surface area contributed by atoms with E-state index in [9.17, 15) is 19.2 Å². The quantitative estimate of drug-likeness (QED) is 0.145. The van der Waals surface area contributed by atoms with E-state index >= 15 is 0 Å². The molecule has 0 aliphatic carbocycles. The standard InChI is InChI=1S/C29H45N3O9Si/c1-29(2,3)42(4,5)41-20-19-40-18-17-39-16-15-38-14-13-37-12-11-30-22-8-6-7-21-25(22)28(36)32(27(21)35)23-9-10-24(33)31-26(23)34/h6-8,23,30H,9-20H2,1-5H3,(H,31,33,34). The van der Waals surface area contributed by atoms with Gasteiger partial charge >= 0.3 is 0 Å². The number of carbonyl (C=O) groups excluding carboxylic acids is 4. The Morgan fingerprint density at radius 3 is 2.00 bits per heavy atom. The van der Waals surface area contributed by atoms with E-state index in [2.05, 4.69) is 44.5 Å². The number of piperidine rings is 1. The molecule has 2 heterocycles. The molecule has 2 aliphatic rings. The second-order valence-electron chi connectivity index (χ2n) is 11.7. The topological polar surface area (TPSA) is 142 Å². The lowest BCUT2D eigenvalue weighted by molar-refractivity contribution is -0.136. The number of hydrogen-bond acceptors (Lipinski definition) is 10. The van der Waals surface area contributed by atoms with Crippen molar-refractivity contribution in [3.8, 4) is 0 Å². The van der Waals surface area contributed by atoms with Crippen molar-refractivity contribution in [2.75, 3.05) is 71.3 Å². The Kier molecular flexibility index (Phi) is 12.6. The minimum Gasteiger partial charge on any atom is -0.414 e. The Morgan fingerprint density at radius 2 is 1.43 bits per heavy atom. The third-order valence-corrected chi connectivity index (χ3v) is 12.2. The summed E-state index contributed by atoms with van der Waals surface area (Å²) in [6.45, 7) is 15.7. The zero-order valence-electron chi connectivity index (χ0n) is 25.4. The summed E-state index contributed by atoms with van der Waals surface area (Å²) in [5, 5.41) is 5.53. The predicted octanol–water partition coefficient (Wildman–Crippen LogP) is 2.59. The van der Waals surface area contributed by atoms with Crippen molar-refractivity contribution in [3.63, 3.8) is 0 Å². The summed E-state index contributed by atoms with van der Waals surface area (Å²) in [5.74, 6) is -2.13. The lowest BCUT2D eigenvalue weighted by Crippen LogP contribution is -2.54. The average molecular weight is 608 g/mol. The van der Waals surface area contributed by atoms with Crippen LogP contribution in [0, 0.1) is 0 Å². The van der Waals surface area contributed by atoms with E-state index in [4.69, 9.17) is 23.4 Å². The van der Waals surface area contributed by atoms with Crippen LogP contribution in [0.3, 0.4) is 0 Å². The number of nitrogens with zero attached hydrogens (tertiary/aromatic N) is 1. The number of imide groups is 2. The molecular weight excluding hydrogens is 562 g/mol. The highest BCUT2D eigenvalue weighted by molar-refractivity contribution is 6.74. The first-order chi connectivity index (χ1) is 19.9. The van der Waals surface area contributed by atoms with Gasteiger partial charge in [0, 0.05) is 18.7 Å². The summed E-state index contributed by atoms with van der Waals surface area (Å²) in [6, 6.07) is 3.94. The molecule has 1 saturated heterocycles. The van der Waals surface area contributed by atoms with Crippen molar-refractivity contribution < 1.29 is 42.6 Å². The van der Waals surface area contributed by atoms with Crippen molar-refractivity contribution in [2.24, 2.45) is 0 Å². The van der Waals surface area contributed by atoms with Crippen LogP contribution in [0.2, 0.25) is 18.1 Å². The molecule has 234 valence electrons. The lowest BCUT2D eigenvalue weighted by atomic mass is 10.0. The molecule has 0 saturated carbocycles. The molecule has 0 radical (unpaired) electrons. The maximum atomic E-state index is 13.1. The van der Waals surface area contributed by atoms with Gasteiger partial charge in [-0.3, -0.25) is 29.4 Å². The minimum absolute atomic E-state index is 0.0755. The highest BCUT2D eigenvalue weighted by Crippen LogP contribution is 2.36. The van der Waals surface area contributed by atoms with Gasteiger partial charge in [-0.25, -0.2) is 0 Å². The van der Waals surface area contributed by atoms with Crippen molar-refractivity contribution in [1.29, 1.82) is 0 Å². The van der Waals surface area contributed by atoms with E-state index in [-0.39, 0.29) is 29.0 Å². The first kappa shape index (κ1) is 33.8. The average Bonchev–Trinajstić information content (AvgIpc) is 3.18. The lowest BCUT2D eigenvalue weighted by Gasteiger charge is -2.36. The molecule has 0 spiro atoms. The van der Waals surface area contributed by atoms with Crippen LogP contribution in [0.4, 0.5) is 5.69 Å². The molecule has 1 atom stereocenters. The van der Waals surface area contributed by atoms with E-state index in [0.717, 1.165) is 4.90 Å². The highest BCUT2D eigenvalue weighted by Gasteiger charge is 2.45. The molecule has 3 rings (SSSR count). The molecule has 42 heavy (non-hydrogen) atoms. The molecule has 1 unspecified atom stereocenters. The smallest absolute Gasteiger partial charge is 0.264 e. The number of hydrogen-bond donors (Lipinski definition) is 2. The summed E-state index contributed by atoms with van der Waals surface area (Å²) < 4.78 is 28.3. The number of benzene rings is 1. The van der Waals surface area contributed by atoms with Crippen LogP contribution in [-0.2, 0) is 33.0 Å². The van der Waals surface area contributed by atoms with Gasteiger partial charge in [-0.05, 0) is 36.7 Å². The summed E-state index contributed by atoms with van der Waals surface area (Å²) in [4.78, 5) is 50.7. The molecular formula is C29H45N3O9Si. The summed E-state index contributed by atoms with van der Waals surface area (Å²) >= 11 is 0. The Hall–Kier alpha value is -2.68.